The summed E-state index contributed by atoms with van der Waals surface area (Å²) in [7, 11) is 1.56. The fraction of sp³-hybridized carbons (Fsp3) is 0.273. The number of hydrogen-bond acceptors (Lipinski definition) is 6. The van der Waals surface area contributed by atoms with Crippen molar-refractivity contribution in [2.45, 2.75) is 13.3 Å². The summed E-state index contributed by atoms with van der Waals surface area (Å²) in [6.07, 6.45) is 0.863. The molecule has 30 heavy (non-hydrogen) atoms. The van der Waals surface area contributed by atoms with Crippen molar-refractivity contribution in [3.63, 3.8) is 0 Å². The van der Waals surface area contributed by atoms with Crippen molar-refractivity contribution in [3.8, 4) is 5.75 Å². The predicted octanol–water partition coefficient (Wildman–Crippen LogP) is 3.60. The number of aryl methyl sites for hydroxylation is 1. The standard InChI is InChI=1S/C22H22N4O3S/c1-3-29-16-11-9-15(10-12-16)23-22-26(13-6-14-30-22)21(28)19-17-7-4-5-8-18(17)20(27)25(2)24-19/h4-5,7-12H,3,6,13-14H2,1-2H3. The fourth-order valence-electron chi connectivity index (χ4n) is 3.32. The molecule has 8 heteroatoms. The van der Waals surface area contributed by atoms with Gasteiger partial charge in [-0.2, -0.15) is 5.10 Å². The summed E-state index contributed by atoms with van der Waals surface area (Å²) in [6, 6.07) is 14.5. The lowest BCUT2D eigenvalue weighted by molar-refractivity contribution is 0.0843. The molecule has 0 atom stereocenters. The molecule has 1 aromatic heterocycles. The molecular formula is C22H22N4O3S. The number of benzene rings is 2. The molecule has 154 valence electrons. The predicted molar refractivity (Wildman–Crippen MR) is 120 cm³/mol. The summed E-state index contributed by atoms with van der Waals surface area (Å²) in [6.45, 7) is 3.10. The average Bonchev–Trinajstić information content (AvgIpc) is 2.78. The minimum atomic E-state index is -0.251. The number of ether oxygens (including phenoxy) is 1. The van der Waals surface area contributed by atoms with E-state index in [2.05, 4.69) is 5.10 Å². The number of fused-ring (bicyclic) bond motifs is 1. The number of nitrogens with zero attached hydrogens (tertiary/aromatic N) is 4. The number of rotatable bonds is 4. The SMILES string of the molecule is CCOc1ccc(N=C2SCCCN2C(=O)c2nn(C)c(=O)c3ccccc23)cc1. The Balaban J connectivity index is 1.71. The lowest BCUT2D eigenvalue weighted by atomic mass is 10.1. The van der Waals surface area contributed by atoms with Crippen LogP contribution >= 0.6 is 11.8 Å². The van der Waals surface area contributed by atoms with Crippen LogP contribution in [0.1, 0.15) is 23.8 Å². The van der Waals surface area contributed by atoms with E-state index >= 15 is 0 Å². The van der Waals surface area contributed by atoms with Crippen molar-refractivity contribution in [1.82, 2.24) is 14.7 Å². The molecule has 2 heterocycles. The first-order valence-electron chi connectivity index (χ1n) is 9.80. The van der Waals surface area contributed by atoms with Gasteiger partial charge in [-0.05, 0) is 43.7 Å². The topological polar surface area (TPSA) is 76.8 Å². The molecule has 2 aromatic carbocycles. The maximum atomic E-state index is 13.5. The molecule has 4 rings (SSSR count). The zero-order valence-corrected chi connectivity index (χ0v) is 17.7. The molecule has 0 aliphatic carbocycles. The van der Waals surface area contributed by atoms with E-state index in [-0.39, 0.29) is 17.2 Å². The first kappa shape index (κ1) is 20.2. The third-order valence-electron chi connectivity index (χ3n) is 4.76. The van der Waals surface area contributed by atoms with Crippen molar-refractivity contribution in [2.24, 2.45) is 12.0 Å². The van der Waals surface area contributed by atoms with E-state index in [0.717, 1.165) is 23.6 Å². The van der Waals surface area contributed by atoms with Crippen molar-refractivity contribution in [2.75, 3.05) is 18.9 Å². The van der Waals surface area contributed by atoms with Crippen LogP contribution in [-0.2, 0) is 7.05 Å². The van der Waals surface area contributed by atoms with E-state index in [1.165, 1.54) is 4.68 Å². The molecule has 0 unspecified atom stereocenters. The third-order valence-corrected chi connectivity index (χ3v) is 5.83. The molecule has 3 aromatic rings. The van der Waals surface area contributed by atoms with Gasteiger partial charge < -0.3 is 4.74 Å². The van der Waals surface area contributed by atoms with Crippen LogP contribution in [0.2, 0.25) is 0 Å². The van der Waals surface area contributed by atoms with E-state index in [4.69, 9.17) is 9.73 Å². The van der Waals surface area contributed by atoms with Gasteiger partial charge >= 0.3 is 0 Å². The molecule has 1 saturated heterocycles. The van der Waals surface area contributed by atoms with Gasteiger partial charge in [-0.3, -0.25) is 14.5 Å². The molecule has 1 amide bonds. The van der Waals surface area contributed by atoms with E-state index < -0.39 is 0 Å². The Morgan fingerprint density at radius 1 is 1.17 bits per heavy atom. The number of aliphatic imine (C=N–C) groups is 1. The van der Waals surface area contributed by atoms with Crippen LogP contribution in [0.3, 0.4) is 0 Å². The lowest BCUT2D eigenvalue weighted by Gasteiger charge is -2.27. The van der Waals surface area contributed by atoms with E-state index in [9.17, 15) is 9.59 Å². The molecule has 0 saturated carbocycles. The zero-order chi connectivity index (χ0) is 21.1. The summed E-state index contributed by atoms with van der Waals surface area (Å²) >= 11 is 1.54. The molecule has 1 fully saturated rings. The number of thioether (sulfide) groups is 1. The second-order valence-electron chi connectivity index (χ2n) is 6.80. The fourth-order valence-corrected chi connectivity index (χ4v) is 4.28. The summed E-state index contributed by atoms with van der Waals surface area (Å²) in [5.41, 5.74) is 0.784. The number of aromatic nitrogens is 2. The van der Waals surface area contributed by atoms with Crippen LogP contribution in [0.5, 0.6) is 5.75 Å². The highest BCUT2D eigenvalue weighted by atomic mass is 32.2. The normalized spacial score (nSPS) is 15.5. The summed E-state index contributed by atoms with van der Waals surface area (Å²) in [4.78, 5) is 32.2. The maximum Gasteiger partial charge on any atom is 0.280 e. The largest absolute Gasteiger partial charge is 0.494 e. The molecule has 0 bridgehead atoms. The Morgan fingerprint density at radius 2 is 1.90 bits per heavy atom. The highest BCUT2D eigenvalue weighted by Gasteiger charge is 2.28. The van der Waals surface area contributed by atoms with Crippen molar-refractivity contribution < 1.29 is 9.53 Å². The van der Waals surface area contributed by atoms with Gasteiger partial charge in [0.05, 0.1) is 17.7 Å². The maximum absolute atomic E-state index is 13.5. The van der Waals surface area contributed by atoms with Crippen LogP contribution in [0.25, 0.3) is 10.8 Å². The molecular weight excluding hydrogens is 400 g/mol. The van der Waals surface area contributed by atoms with Gasteiger partial charge in [0.25, 0.3) is 11.5 Å². The van der Waals surface area contributed by atoms with E-state index in [1.807, 2.05) is 31.2 Å². The Kier molecular flexibility index (Phi) is 5.85. The molecule has 0 spiro atoms. The van der Waals surface area contributed by atoms with Crippen molar-refractivity contribution in [3.05, 3.63) is 64.6 Å². The monoisotopic (exact) mass is 422 g/mol. The van der Waals surface area contributed by atoms with E-state index in [0.29, 0.717) is 29.1 Å². The molecule has 1 aliphatic rings. The van der Waals surface area contributed by atoms with Gasteiger partial charge in [0.2, 0.25) is 0 Å². The van der Waals surface area contributed by atoms with Gasteiger partial charge in [0, 0.05) is 24.7 Å². The van der Waals surface area contributed by atoms with Crippen molar-refractivity contribution in [1.29, 1.82) is 0 Å². The smallest absolute Gasteiger partial charge is 0.280 e. The second kappa shape index (κ2) is 8.71. The average molecular weight is 423 g/mol. The highest BCUT2D eigenvalue weighted by Crippen LogP contribution is 2.26. The Labute approximate surface area is 178 Å². The van der Waals surface area contributed by atoms with Gasteiger partial charge in [-0.25, -0.2) is 9.67 Å². The van der Waals surface area contributed by atoms with E-state index in [1.54, 1.807) is 48.0 Å². The number of hydrogen-bond donors (Lipinski definition) is 0. The second-order valence-corrected chi connectivity index (χ2v) is 7.87. The quantitative estimate of drug-likeness (QED) is 0.642. The van der Waals surface area contributed by atoms with Crippen molar-refractivity contribution >= 4 is 39.3 Å². The third kappa shape index (κ3) is 3.95. The Hall–Kier alpha value is -3.13. The first-order chi connectivity index (χ1) is 14.6. The minimum absolute atomic E-state index is 0.224. The van der Waals surface area contributed by atoms with Gasteiger partial charge in [0.15, 0.2) is 10.9 Å². The van der Waals surface area contributed by atoms with Gasteiger partial charge in [0.1, 0.15) is 5.75 Å². The Bertz CT molecular complexity index is 1170. The number of carbonyl (C=O) groups is 1. The number of carbonyl (C=O) groups excluding carboxylic acids is 1. The van der Waals surface area contributed by atoms with Gasteiger partial charge in [-0.15, -0.1) is 0 Å². The molecule has 0 N–H and O–H groups in total. The van der Waals surface area contributed by atoms with Gasteiger partial charge in [-0.1, -0.05) is 30.0 Å². The van der Waals surface area contributed by atoms with Crippen LogP contribution in [0.15, 0.2) is 58.3 Å². The van der Waals surface area contributed by atoms with Crippen LogP contribution in [0, 0.1) is 0 Å². The van der Waals surface area contributed by atoms with Crippen LogP contribution in [-0.4, -0.2) is 44.7 Å². The minimum Gasteiger partial charge on any atom is -0.494 e. The molecule has 1 aliphatic heterocycles. The van der Waals surface area contributed by atoms with Crippen LogP contribution in [0.4, 0.5) is 5.69 Å². The Morgan fingerprint density at radius 3 is 2.63 bits per heavy atom. The number of amidine groups is 1. The number of amides is 1. The summed E-state index contributed by atoms with van der Waals surface area (Å²) in [5.74, 6) is 1.42. The molecule has 0 radical (unpaired) electrons. The van der Waals surface area contributed by atoms with Crippen LogP contribution < -0.4 is 10.3 Å². The summed E-state index contributed by atoms with van der Waals surface area (Å²) in [5, 5.41) is 5.95. The molecule has 7 nitrogen and oxygen atoms in total. The zero-order valence-electron chi connectivity index (χ0n) is 16.9. The highest BCUT2D eigenvalue weighted by molar-refractivity contribution is 8.13. The lowest BCUT2D eigenvalue weighted by Crippen LogP contribution is -2.40. The first-order valence-corrected chi connectivity index (χ1v) is 10.8. The summed E-state index contributed by atoms with van der Waals surface area (Å²) < 4.78 is 6.69.